The van der Waals surface area contributed by atoms with E-state index in [1.165, 1.54) is 64.2 Å². The molecule has 0 fully saturated rings. The Morgan fingerprint density at radius 1 is 0.852 bits per heavy atom. The third kappa shape index (κ3) is 17.0. The van der Waals surface area contributed by atoms with Gasteiger partial charge in [0.05, 0.1) is 18.8 Å². The fraction of sp³-hybridized carbons (Fsp3) is 0.870. The van der Waals surface area contributed by atoms with Crippen molar-refractivity contribution in [3.63, 3.8) is 0 Å². The summed E-state index contributed by atoms with van der Waals surface area (Å²) < 4.78 is 0. The molecule has 27 heavy (non-hydrogen) atoms. The molecule has 0 aliphatic heterocycles. The average molecular weight is 384 g/mol. The van der Waals surface area contributed by atoms with Gasteiger partial charge in [0.2, 0.25) is 5.91 Å². The number of carbonyl (C=O) groups excluding carboxylic acids is 1. The highest BCUT2D eigenvalue weighted by atomic mass is 16.3. The summed E-state index contributed by atoms with van der Waals surface area (Å²) in [6.07, 6.45) is 20.4. The fourth-order valence-electron chi connectivity index (χ4n) is 3.18. The minimum atomic E-state index is -0.826. The molecule has 0 aliphatic rings. The second-order valence-corrected chi connectivity index (χ2v) is 7.70. The number of hydrogen-bond donors (Lipinski definition) is 3. The summed E-state index contributed by atoms with van der Waals surface area (Å²) in [5.41, 5.74) is 0. The van der Waals surface area contributed by atoms with Gasteiger partial charge in [-0.25, -0.2) is 0 Å². The monoisotopic (exact) mass is 383 g/mol. The molecule has 1 amide bonds. The van der Waals surface area contributed by atoms with Crippen molar-refractivity contribution in [3.8, 4) is 0 Å². The van der Waals surface area contributed by atoms with E-state index < -0.39 is 12.1 Å². The Labute approximate surface area is 167 Å². The van der Waals surface area contributed by atoms with Gasteiger partial charge < -0.3 is 15.5 Å². The first-order chi connectivity index (χ1) is 13.2. The summed E-state index contributed by atoms with van der Waals surface area (Å²) >= 11 is 0. The predicted octanol–water partition coefficient (Wildman–Crippen LogP) is 5.27. The van der Waals surface area contributed by atoms with Crippen LogP contribution in [0.5, 0.6) is 0 Å². The fourth-order valence-corrected chi connectivity index (χ4v) is 3.18. The second-order valence-electron chi connectivity index (χ2n) is 7.70. The minimum absolute atomic E-state index is 0.0796. The van der Waals surface area contributed by atoms with Gasteiger partial charge in [-0.15, -0.1) is 0 Å². The Hall–Kier alpha value is -0.870. The zero-order valence-corrected chi connectivity index (χ0v) is 17.9. The maximum absolute atomic E-state index is 12.0. The van der Waals surface area contributed by atoms with E-state index in [0.29, 0.717) is 6.42 Å². The molecule has 2 unspecified atom stereocenters. The Morgan fingerprint density at radius 2 is 1.37 bits per heavy atom. The number of aliphatic hydroxyl groups excluding tert-OH is 2. The van der Waals surface area contributed by atoms with Crippen LogP contribution in [0.3, 0.4) is 0 Å². The highest BCUT2D eigenvalue weighted by Gasteiger charge is 2.17. The van der Waals surface area contributed by atoms with Crippen molar-refractivity contribution in [2.75, 3.05) is 6.61 Å². The number of aliphatic hydroxyl groups is 2. The quantitative estimate of drug-likeness (QED) is 0.210. The Bertz CT molecular complexity index is 358. The van der Waals surface area contributed by atoms with Crippen molar-refractivity contribution >= 4 is 5.91 Å². The summed E-state index contributed by atoms with van der Waals surface area (Å²) in [4.78, 5) is 12.0. The molecule has 0 rings (SSSR count). The van der Waals surface area contributed by atoms with Crippen molar-refractivity contribution in [1.82, 2.24) is 5.32 Å². The molecule has 0 bridgehead atoms. The number of hydrogen-bond acceptors (Lipinski definition) is 3. The molecule has 0 saturated carbocycles. The molecule has 3 N–H and O–H groups in total. The van der Waals surface area contributed by atoms with Gasteiger partial charge in [-0.3, -0.25) is 4.79 Å². The summed E-state index contributed by atoms with van der Waals surface area (Å²) in [5, 5.41) is 22.1. The molecule has 160 valence electrons. The predicted molar refractivity (Wildman–Crippen MR) is 115 cm³/mol. The van der Waals surface area contributed by atoms with E-state index in [1.807, 2.05) is 6.08 Å². The lowest BCUT2D eigenvalue weighted by Crippen LogP contribution is -2.45. The number of carbonyl (C=O) groups is 1. The first-order valence-electron chi connectivity index (χ1n) is 11.4. The average Bonchev–Trinajstić information content (AvgIpc) is 2.67. The second kappa shape index (κ2) is 19.9. The zero-order chi connectivity index (χ0) is 20.2. The van der Waals surface area contributed by atoms with Crippen molar-refractivity contribution in [2.45, 2.75) is 122 Å². The Balaban J connectivity index is 3.59. The molecule has 4 nitrogen and oxygen atoms in total. The summed E-state index contributed by atoms with van der Waals surface area (Å²) in [6.45, 7) is 4.07. The molecule has 0 saturated heterocycles. The maximum Gasteiger partial charge on any atom is 0.220 e. The van der Waals surface area contributed by atoms with Crippen molar-refractivity contribution in [2.24, 2.45) is 0 Å². The normalized spacial score (nSPS) is 13.8. The van der Waals surface area contributed by atoms with E-state index in [0.717, 1.165) is 25.7 Å². The zero-order valence-electron chi connectivity index (χ0n) is 17.9. The number of rotatable bonds is 19. The molecule has 2 atom stereocenters. The lowest BCUT2D eigenvalue weighted by Gasteiger charge is -2.19. The van der Waals surface area contributed by atoms with Gasteiger partial charge in [0.25, 0.3) is 0 Å². The van der Waals surface area contributed by atoms with Crippen LogP contribution in [-0.2, 0) is 4.79 Å². The van der Waals surface area contributed by atoms with Gasteiger partial charge in [0, 0.05) is 6.42 Å². The first kappa shape index (κ1) is 26.1. The molecule has 0 aliphatic carbocycles. The van der Waals surface area contributed by atoms with Crippen LogP contribution in [0.25, 0.3) is 0 Å². The van der Waals surface area contributed by atoms with Crippen LogP contribution in [0.2, 0.25) is 0 Å². The lowest BCUT2D eigenvalue weighted by atomic mass is 10.0. The van der Waals surface area contributed by atoms with Gasteiger partial charge in [0.1, 0.15) is 0 Å². The van der Waals surface area contributed by atoms with Crippen LogP contribution < -0.4 is 5.32 Å². The van der Waals surface area contributed by atoms with Gasteiger partial charge >= 0.3 is 0 Å². The minimum Gasteiger partial charge on any atom is -0.394 e. The van der Waals surface area contributed by atoms with Crippen molar-refractivity contribution < 1.29 is 15.0 Å². The molecule has 0 spiro atoms. The van der Waals surface area contributed by atoms with Crippen molar-refractivity contribution in [1.29, 1.82) is 0 Å². The van der Waals surface area contributed by atoms with E-state index >= 15 is 0 Å². The SMILES string of the molecule is CCC/C=C/C(O)C(CO)NC(=O)CCCCCCCCCCCCCC. The Morgan fingerprint density at radius 3 is 1.85 bits per heavy atom. The van der Waals surface area contributed by atoms with Crippen LogP contribution in [0.4, 0.5) is 0 Å². The van der Waals surface area contributed by atoms with E-state index in [4.69, 9.17) is 0 Å². The van der Waals surface area contributed by atoms with Crippen molar-refractivity contribution in [3.05, 3.63) is 12.2 Å². The topological polar surface area (TPSA) is 69.6 Å². The van der Waals surface area contributed by atoms with Crippen LogP contribution in [0.1, 0.15) is 110 Å². The molecule has 0 heterocycles. The third-order valence-corrected chi connectivity index (χ3v) is 5.00. The first-order valence-corrected chi connectivity index (χ1v) is 11.4. The third-order valence-electron chi connectivity index (χ3n) is 5.00. The molecule has 0 aromatic rings. The standard InChI is InChI=1S/C23H45NO3/c1-3-5-7-8-9-10-11-12-13-14-15-17-19-23(27)24-21(20-25)22(26)18-16-6-4-2/h16,18,21-22,25-26H,3-15,17,19-20H2,1-2H3,(H,24,27)/b18-16+. The molecule has 0 aromatic carbocycles. The lowest BCUT2D eigenvalue weighted by molar-refractivity contribution is -0.123. The van der Waals surface area contributed by atoms with E-state index in [9.17, 15) is 15.0 Å². The van der Waals surface area contributed by atoms with E-state index in [1.54, 1.807) is 6.08 Å². The van der Waals surface area contributed by atoms with Crippen LogP contribution in [0, 0.1) is 0 Å². The Kier molecular flexibility index (Phi) is 19.2. The van der Waals surface area contributed by atoms with E-state index in [2.05, 4.69) is 19.2 Å². The number of unbranched alkanes of at least 4 members (excludes halogenated alkanes) is 12. The highest BCUT2D eigenvalue weighted by molar-refractivity contribution is 5.76. The van der Waals surface area contributed by atoms with Gasteiger partial charge in [-0.2, -0.15) is 0 Å². The van der Waals surface area contributed by atoms with Crippen LogP contribution in [-0.4, -0.2) is 34.9 Å². The summed E-state index contributed by atoms with van der Waals surface area (Å²) in [5.74, 6) is -0.0796. The van der Waals surface area contributed by atoms with Gasteiger partial charge in [-0.1, -0.05) is 103 Å². The van der Waals surface area contributed by atoms with Crippen LogP contribution >= 0.6 is 0 Å². The van der Waals surface area contributed by atoms with Gasteiger partial charge in [-0.05, 0) is 12.8 Å². The largest absolute Gasteiger partial charge is 0.394 e. The highest BCUT2D eigenvalue weighted by Crippen LogP contribution is 2.12. The summed E-state index contributed by atoms with van der Waals surface area (Å²) in [7, 11) is 0. The van der Waals surface area contributed by atoms with E-state index in [-0.39, 0.29) is 12.5 Å². The molecular formula is C23H45NO3. The maximum atomic E-state index is 12.0. The number of amides is 1. The smallest absolute Gasteiger partial charge is 0.220 e. The van der Waals surface area contributed by atoms with Crippen LogP contribution in [0.15, 0.2) is 12.2 Å². The number of nitrogens with one attached hydrogen (secondary N) is 1. The molecular weight excluding hydrogens is 338 g/mol. The summed E-state index contributed by atoms with van der Waals surface area (Å²) in [6, 6.07) is -0.608. The number of allylic oxidation sites excluding steroid dienone is 1. The van der Waals surface area contributed by atoms with Gasteiger partial charge in [0.15, 0.2) is 0 Å². The molecule has 0 aromatic heterocycles. The molecule has 0 radical (unpaired) electrons. The molecule has 4 heteroatoms.